The van der Waals surface area contributed by atoms with Gasteiger partial charge in [-0.2, -0.15) is 11.8 Å². The van der Waals surface area contributed by atoms with E-state index in [0.717, 1.165) is 31.8 Å². The maximum absolute atomic E-state index is 11.6. The Morgan fingerprint density at radius 3 is 2.71 bits per heavy atom. The van der Waals surface area contributed by atoms with Crippen molar-refractivity contribution in [3.05, 3.63) is 0 Å². The first-order valence-corrected chi connectivity index (χ1v) is 7.37. The molecule has 1 saturated carbocycles. The van der Waals surface area contributed by atoms with E-state index in [2.05, 4.69) is 5.32 Å². The highest BCUT2D eigenvalue weighted by Gasteiger charge is 2.29. The van der Waals surface area contributed by atoms with Crippen LogP contribution in [0.2, 0.25) is 0 Å². The maximum Gasteiger partial charge on any atom is 0.323 e. The zero-order valence-corrected chi connectivity index (χ0v) is 11.1. The van der Waals surface area contributed by atoms with Crippen molar-refractivity contribution in [3.8, 4) is 0 Å². The monoisotopic (exact) mass is 259 g/mol. The fourth-order valence-electron chi connectivity index (χ4n) is 1.94. The Morgan fingerprint density at radius 2 is 2.12 bits per heavy atom. The van der Waals surface area contributed by atoms with Gasteiger partial charge in [-0.25, -0.2) is 0 Å². The zero-order chi connectivity index (χ0) is 12.1. The van der Waals surface area contributed by atoms with Crippen LogP contribution in [0.25, 0.3) is 0 Å². The van der Waals surface area contributed by atoms with Gasteiger partial charge in [-0.1, -0.05) is 0 Å². The van der Waals surface area contributed by atoms with Gasteiger partial charge in [0.25, 0.3) is 0 Å². The summed E-state index contributed by atoms with van der Waals surface area (Å²) >= 11 is 1.88. The predicted octanol–water partition coefficient (Wildman–Crippen LogP) is 1.19. The van der Waals surface area contributed by atoms with E-state index in [0.29, 0.717) is 11.3 Å². The highest BCUT2D eigenvalue weighted by molar-refractivity contribution is 7.99. The molecule has 2 fully saturated rings. The number of esters is 1. The molecule has 1 unspecified atom stereocenters. The number of ether oxygens (including phenoxy) is 2. The molecule has 17 heavy (non-hydrogen) atoms. The van der Waals surface area contributed by atoms with E-state index >= 15 is 0 Å². The largest absolute Gasteiger partial charge is 0.468 e. The van der Waals surface area contributed by atoms with Crippen molar-refractivity contribution in [1.29, 1.82) is 0 Å². The zero-order valence-electron chi connectivity index (χ0n) is 10.3. The van der Waals surface area contributed by atoms with Gasteiger partial charge in [0, 0.05) is 30.3 Å². The lowest BCUT2D eigenvalue weighted by Gasteiger charge is -2.23. The third-order valence-corrected chi connectivity index (χ3v) is 4.64. The van der Waals surface area contributed by atoms with Gasteiger partial charge < -0.3 is 14.8 Å². The molecule has 1 N–H and O–H groups in total. The lowest BCUT2D eigenvalue weighted by Crippen LogP contribution is -2.41. The average Bonchev–Trinajstić information content (AvgIpc) is 3.18. The van der Waals surface area contributed by atoms with Crippen molar-refractivity contribution >= 4 is 17.7 Å². The molecule has 2 rings (SSSR count). The summed E-state index contributed by atoms with van der Waals surface area (Å²) in [6.07, 6.45) is 4.58. The van der Waals surface area contributed by atoms with Crippen LogP contribution in [0.3, 0.4) is 0 Å². The number of carbonyl (C=O) groups is 1. The van der Waals surface area contributed by atoms with Crippen molar-refractivity contribution in [2.75, 3.05) is 26.1 Å². The minimum atomic E-state index is -0.139. The van der Waals surface area contributed by atoms with E-state index in [1.165, 1.54) is 20.0 Å². The summed E-state index contributed by atoms with van der Waals surface area (Å²) in [7, 11) is 1.46. The molecular formula is C12H21NO3S. The van der Waals surface area contributed by atoms with E-state index < -0.39 is 0 Å². The SMILES string of the molecule is COC(=O)C(CSC1CCOCC1)NC1CC1. The molecule has 1 atom stereocenters. The molecule has 98 valence electrons. The fraction of sp³-hybridized carbons (Fsp3) is 0.917. The number of hydrogen-bond acceptors (Lipinski definition) is 5. The Hall–Kier alpha value is -0.260. The highest BCUT2D eigenvalue weighted by Crippen LogP contribution is 2.25. The molecule has 1 aliphatic heterocycles. The summed E-state index contributed by atoms with van der Waals surface area (Å²) in [6, 6.07) is 0.398. The van der Waals surface area contributed by atoms with Crippen LogP contribution in [-0.2, 0) is 14.3 Å². The molecule has 2 aliphatic rings. The number of hydrogen-bond donors (Lipinski definition) is 1. The van der Waals surface area contributed by atoms with Crippen molar-refractivity contribution in [1.82, 2.24) is 5.32 Å². The van der Waals surface area contributed by atoms with Gasteiger partial charge in [-0.3, -0.25) is 4.79 Å². The molecule has 1 heterocycles. The number of nitrogens with one attached hydrogen (secondary N) is 1. The molecule has 4 nitrogen and oxygen atoms in total. The molecule has 0 aromatic carbocycles. The van der Waals surface area contributed by atoms with E-state index in [1.807, 2.05) is 11.8 Å². The summed E-state index contributed by atoms with van der Waals surface area (Å²) in [4.78, 5) is 11.6. The lowest BCUT2D eigenvalue weighted by atomic mass is 10.2. The number of carbonyl (C=O) groups excluding carboxylic acids is 1. The van der Waals surface area contributed by atoms with Crippen molar-refractivity contribution in [2.45, 2.75) is 43.0 Å². The first kappa shape index (κ1) is 13.2. The summed E-state index contributed by atoms with van der Waals surface area (Å²) in [5.41, 5.74) is 0. The van der Waals surface area contributed by atoms with Crippen molar-refractivity contribution < 1.29 is 14.3 Å². The topological polar surface area (TPSA) is 47.6 Å². The van der Waals surface area contributed by atoms with Crippen LogP contribution in [0.15, 0.2) is 0 Å². The molecule has 0 amide bonds. The lowest BCUT2D eigenvalue weighted by molar-refractivity contribution is -0.142. The summed E-state index contributed by atoms with van der Waals surface area (Å²) < 4.78 is 10.2. The van der Waals surface area contributed by atoms with Crippen LogP contribution >= 0.6 is 11.8 Å². The van der Waals surface area contributed by atoms with Crippen molar-refractivity contribution in [3.63, 3.8) is 0 Å². The van der Waals surface area contributed by atoms with Gasteiger partial charge in [-0.15, -0.1) is 0 Å². The maximum atomic E-state index is 11.6. The minimum Gasteiger partial charge on any atom is -0.468 e. The molecule has 0 aromatic heterocycles. The molecule has 1 aliphatic carbocycles. The number of thioether (sulfide) groups is 1. The summed E-state index contributed by atoms with van der Waals surface area (Å²) in [6.45, 7) is 1.72. The van der Waals surface area contributed by atoms with E-state index in [-0.39, 0.29) is 12.0 Å². The van der Waals surface area contributed by atoms with Gasteiger partial charge in [0.15, 0.2) is 0 Å². The Bertz CT molecular complexity index is 252. The Balaban J connectivity index is 1.72. The van der Waals surface area contributed by atoms with Crippen molar-refractivity contribution in [2.24, 2.45) is 0 Å². The molecule has 0 aromatic rings. The van der Waals surface area contributed by atoms with Crippen LogP contribution < -0.4 is 5.32 Å². The van der Waals surface area contributed by atoms with Crippen LogP contribution in [-0.4, -0.2) is 49.4 Å². The normalized spacial score (nSPS) is 23.4. The smallest absolute Gasteiger partial charge is 0.323 e. The standard InChI is InChI=1S/C12H21NO3S/c1-15-12(14)11(13-9-2-3-9)8-17-10-4-6-16-7-5-10/h9-11,13H,2-8H2,1H3. The van der Waals surface area contributed by atoms with Gasteiger partial charge >= 0.3 is 5.97 Å². The Morgan fingerprint density at radius 1 is 1.41 bits per heavy atom. The third kappa shape index (κ3) is 4.48. The van der Waals surface area contributed by atoms with E-state index in [1.54, 1.807) is 0 Å². The second-order valence-corrected chi connectivity index (χ2v) is 6.00. The Labute approximate surface area is 107 Å². The summed E-state index contributed by atoms with van der Waals surface area (Å²) in [5, 5.41) is 3.99. The second kappa shape index (κ2) is 6.61. The van der Waals surface area contributed by atoms with Crippen LogP contribution in [0.4, 0.5) is 0 Å². The predicted molar refractivity (Wildman–Crippen MR) is 68.3 cm³/mol. The molecule has 0 radical (unpaired) electrons. The van der Waals surface area contributed by atoms with E-state index in [4.69, 9.17) is 9.47 Å². The first-order valence-electron chi connectivity index (χ1n) is 6.33. The van der Waals surface area contributed by atoms with E-state index in [9.17, 15) is 4.79 Å². The van der Waals surface area contributed by atoms with Gasteiger partial charge in [0.05, 0.1) is 7.11 Å². The molecule has 0 spiro atoms. The molecule has 0 bridgehead atoms. The van der Waals surface area contributed by atoms with Gasteiger partial charge in [-0.05, 0) is 25.7 Å². The average molecular weight is 259 g/mol. The molecular weight excluding hydrogens is 238 g/mol. The molecule has 1 saturated heterocycles. The first-order chi connectivity index (χ1) is 8.29. The number of rotatable bonds is 6. The van der Waals surface area contributed by atoms with Crippen LogP contribution in [0.1, 0.15) is 25.7 Å². The third-order valence-electron chi connectivity index (χ3n) is 3.17. The Kier molecular flexibility index (Phi) is 5.13. The highest BCUT2D eigenvalue weighted by atomic mass is 32.2. The minimum absolute atomic E-state index is 0.128. The van der Waals surface area contributed by atoms with Gasteiger partial charge in [0.1, 0.15) is 6.04 Å². The quantitative estimate of drug-likeness (QED) is 0.726. The second-order valence-electron chi connectivity index (χ2n) is 4.66. The molecule has 5 heteroatoms. The fourth-order valence-corrected chi connectivity index (χ4v) is 3.16. The number of methoxy groups -OCH3 is 1. The van der Waals surface area contributed by atoms with Gasteiger partial charge in [0.2, 0.25) is 0 Å². The van der Waals surface area contributed by atoms with Crippen LogP contribution in [0, 0.1) is 0 Å². The van der Waals surface area contributed by atoms with Crippen LogP contribution in [0.5, 0.6) is 0 Å². The summed E-state index contributed by atoms with van der Waals surface area (Å²) in [5.74, 6) is 0.685.